The van der Waals surface area contributed by atoms with Crippen LogP contribution in [0.3, 0.4) is 0 Å². The fraction of sp³-hybridized carbons (Fsp3) is 0.292. The number of nitrogens with one attached hydrogen (secondary N) is 1. The minimum atomic E-state index is -0.977. The van der Waals surface area contributed by atoms with Gasteiger partial charge in [0.1, 0.15) is 6.04 Å². The van der Waals surface area contributed by atoms with Gasteiger partial charge in [-0.25, -0.2) is 4.90 Å². The Bertz CT molecular complexity index is 975. The van der Waals surface area contributed by atoms with Crippen molar-refractivity contribution in [1.29, 1.82) is 0 Å². The van der Waals surface area contributed by atoms with Gasteiger partial charge in [0.2, 0.25) is 17.7 Å². The van der Waals surface area contributed by atoms with E-state index in [9.17, 15) is 19.2 Å². The lowest BCUT2D eigenvalue weighted by atomic mass is 10.1. The topological polar surface area (TPSA) is 96.0 Å². The van der Waals surface area contributed by atoms with Gasteiger partial charge in [-0.2, -0.15) is 0 Å². The summed E-state index contributed by atoms with van der Waals surface area (Å²) in [6, 6.07) is 17.1. The molecule has 1 atom stereocenters. The summed E-state index contributed by atoms with van der Waals surface area (Å²) >= 11 is 5.58. The molecule has 0 saturated carbocycles. The number of amides is 3. The molecule has 1 N–H and O–H groups in total. The van der Waals surface area contributed by atoms with Crippen molar-refractivity contribution in [3.63, 3.8) is 0 Å². The fourth-order valence-electron chi connectivity index (χ4n) is 3.57. The second-order valence-corrected chi connectivity index (χ2v) is 7.88. The molecule has 2 aromatic carbocycles. The predicted octanol–water partition coefficient (Wildman–Crippen LogP) is 1.48. The third kappa shape index (κ3) is 6.23. The highest BCUT2D eigenvalue weighted by atomic mass is 32.1. The number of hydrogen-bond acceptors (Lipinski definition) is 6. The summed E-state index contributed by atoms with van der Waals surface area (Å²) in [5.74, 6) is -2.02. The van der Waals surface area contributed by atoms with E-state index in [0.717, 1.165) is 16.0 Å². The monoisotopic (exact) mass is 467 g/mol. The maximum atomic E-state index is 13.3. The summed E-state index contributed by atoms with van der Waals surface area (Å²) in [6.45, 7) is 0.518. The molecule has 1 saturated heterocycles. The lowest BCUT2D eigenvalue weighted by molar-refractivity contribution is -0.145. The van der Waals surface area contributed by atoms with Crippen LogP contribution >= 0.6 is 12.2 Å². The summed E-state index contributed by atoms with van der Waals surface area (Å²) in [6.07, 6.45) is -0.331. The van der Waals surface area contributed by atoms with Crippen molar-refractivity contribution in [3.05, 3.63) is 71.8 Å². The lowest BCUT2D eigenvalue weighted by Crippen LogP contribution is -2.62. The number of carbonyl (C=O) groups is 4. The Morgan fingerprint density at radius 2 is 1.52 bits per heavy atom. The second-order valence-electron chi connectivity index (χ2n) is 7.51. The molecule has 3 rings (SSSR count). The van der Waals surface area contributed by atoms with E-state index in [1.807, 2.05) is 12.1 Å². The number of imide groups is 1. The van der Waals surface area contributed by atoms with E-state index in [2.05, 4.69) is 5.32 Å². The Morgan fingerprint density at radius 1 is 1.00 bits per heavy atom. The van der Waals surface area contributed by atoms with Gasteiger partial charge in [-0.05, 0) is 23.3 Å². The minimum absolute atomic E-state index is 0.0385. The van der Waals surface area contributed by atoms with Crippen molar-refractivity contribution >= 4 is 41.0 Å². The van der Waals surface area contributed by atoms with Crippen molar-refractivity contribution < 1.29 is 23.9 Å². The number of hydrogen-bond donors (Lipinski definition) is 1. The Balaban J connectivity index is 1.89. The maximum Gasteiger partial charge on any atom is 0.308 e. The predicted molar refractivity (Wildman–Crippen MR) is 125 cm³/mol. The van der Waals surface area contributed by atoms with E-state index >= 15 is 0 Å². The van der Waals surface area contributed by atoms with Crippen LogP contribution < -0.4 is 5.32 Å². The molecule has 1 fully saturated rings. The molecule has 3 amide bonds. The molecule has 33 heavy (non-hydrogen) atoms. The van der Waals surface area contributed by atoms with Crippen molar-refractivity contribution in [3.8, 4) is 0 Å². The number of nitrogens with zero attached hydrogens (tertiary/aromatic N) is 2. The number of carbonyl (C=O) groups excluding carboxylic acids is 4. The number of ether oxygens (including phenoxy) is 1. The fourth-order valence-corrected chi connectivity index (χ4v) is 3.99. The molecular weight excluding hydrogens is 442 g/mol. The number of methoxy groups -OCH3 is 1. The van der Waals surface area contributed by atoms with Gasteiger partial charge in [0.25, 0.3) is 0 Å². The van der Waals surface area contributed by atoms with E-state index in [1.54, 1.807) is 48.5 Å². The normalized spacial score (nSPS) is 15.4. The number of benzene rings is 2. The Labute approximate surface area is 197 Å². The van der Waals surface area contributed by atoms with Gasteiger partial charge in [0.05, 0.1) is 26.4 Å². The number of rotatable bonds is 6. The molecule has 0 aliphatic carbocycles. The van der Waals surface area contributed by atoms with E-state index in [4.69, 9.17) is 17.0 Å². The van der Waals surface area contributed by atoms with E-state index in [-0.39, 0.29) is 37.5 Å². The van der Waals surface area contributed by atoms with Crippen LogP contribution in [-0.4, -0.2) is 64.8 Å². The summed E-state index contributed by atoms with van der Waals surface area (Å²) in [7, 11) is 1.23. The molecule has 1 aliphatic heterocycles. The Kier molecular flexibility index (Phi) is 8.26. The first-order valence-electron chi connectivity index (χ1n) is 10.5. The average Bonchev–Trinajstić information content (AvgIpc) is 2.81. The summed E-state index contributed by atoms with van der Waals surface area (Å²) in [5, 5.41) is 2.59. The Morgan fingerprint density at radius 3 is 2.00 bits per heavy atom. The van der Waals surface area contributed by atoms with Crippen LogP contribution in [0, 0.1) is 0 Å². The van der Waals surface area contributed by atoms with Crippen molar-refractivity contribution in [1.82, 2.24) is 15.1 Å². The highest BCUT2D eigenvalue weighted by Gasteiger charge is 2.38. The van der Waals surface area contributed by atoms with Crippen LogP contribution in [0.15, 0.2) is 60.7 Å². The van der Waals surface area contributed by atoms with Gasteiger partial charge < -0.3 is 15.0 Å². The average molecular weight is 468 g/mol. The zero-order chi connectivity index (χ0) is 23.8. The molecule has 9 heteroatoms. The second kappa shape index (κ2) is 11.3. The van der Waals surface area contributed by atoms with Crippen molar-refractivity contribution in [2.45, 2.75) is 25.3 Å². The van der Waals surface area contributed by atoms with Gasteiger partial charge in [0, 0.05) is 13.1 Å². The van der Waals surface area contributed by atoms with Crippen molar-refractivity contribution in [2.75, 3.05) is 20.2 Å². The molecule has 8 nitrogen and oxygen atoms in total. The summed E-state index contributed by atoms with van der Waals surface area (Å²) in [5.41, 5.74) is 1.45. The molecule has 0 aromatic heterocycles. The van der Waals surface area contributed by atoms with E-state index in [1.165, 1.54) is 12.0 Å². The van der Waals surface area contributed by atoms with Gasteiger partial charge in [-0.1, -0.05) is 60.7 Å². The largest absolute Gasteiger partial charge is 0.469 e. The van der Waals surface area contributed by atoms with Crippen molar-refractivity contribution in [2.24, 2.45) is 0 Å². The van der Waals surface area contributed by atoms with Crippen LogP contribution in [-0.2, 0) is 36.8 Å². The molecule has 1 aliphatic rings. The van der Waals surface area contributed by atoms with E-state index < -0.39 is 29.7 Å². The molecule has 2 aromatic rings. The third-order valence-electron chi connectivity index (χ3n) is 5.25. The van der Waals surface area contributed by atoms with Gasteiger partial charge >= 0.3 is 5.97 Å². The zero-order valence-corrected chi connectivity index (χ0v) is 19.0. The molecular formula is C24H25N3O5S. The first-order valence-corrected chi connectivity index (χ1v) is 10.9. The van der Waals surface area contributed by atoms with Crippen LogP contribution in [0.25, 0.3) is 0 Å². The van der Waals surface area contributed by atoms with Gasteiger partial charge in [0.15, 0.2) is 5.11 Å². The van der Waals surface area contributed by atoms with Crippen LogP contribution in [0.4, 0.5) is 0 Å². The third-order valence-corrected chi connectivity index (χ3v) is 5.67. The molecule has 0 spiro atoms. The quantitative estimate of drug-likeness (QED) is 0.508. The number of esters is 1. The Hall–Kier alpha value is -3.59. The summed E-state index contributed by atoms with van der Waals surface area (Å²) in [4.78, 5) is 53.4. The zero-order valence-electron chi connectivity index (χ0n) is 18.2. The standard InChI is InChI=1S/C24H25N3O5S/c1-32-22(30)16-19-23(31)25-12-13-26(19)24(33)27(20(28)14-17-8-4-2-5-9-17)21(29)15-18-10-6-3-7-11-18/h2-11,19H,12-16H2,1H3,(H,25,31). The van der Waals surface area contributed by atoms with Gasteiger partial charge in [-0.3, -0.25) is 19.2 Å². The highest BCUT2D eigenvalue weighted by Crippen LogP contribution is 2.16. The molecule has 172 valence electrons. The molecule has 0 radical (unpaired) electrons. The smallest absolute Gasteiger partial charge is 0.308 e. The molecule has 0 bridgehead atoms. The first-order chi connectivity index (χ1) is 15.9. The number of piperazine rings is 1. The molecule has 1 heterocycles. The number of thiocarbonyl (C=S) groups is 1. The van der Waals surface area contributed by atoms with Crippen LogP contribution in [0.1, 0.15) is 17.5 Å². The molecule has 1 unspecified atom stereocenters. The first kappa shape index (κ1) is 24.1. The summed E-state index contributed by atoms with van der Waals surface area (Å²) < 4.78 is 4.71. The SMILES string of the molecule is COC(=O)CC1C(=O)NCCN1C(=S)N(C(=O)Cc1ccccc1)C(=O)Cc1ccccc1. The van der Waals surface area contributed by atoms with Gasteiger partial charge in [-0.15, -0.1) is 0 Å². The highest BCUT2D eigenvalue weighted by molar-refractivity contribution is 7.80. The maximum absolute atomic E-state index is 13.3. The van der Waals surface area contributed by atoms with Crippen LogP contribution in [0.2, 0.25) is 0 Å². The van der Waals surface area contributed by atoms with E-state index in [0.29, 0.717) is 0 Å². The van der Waals surface area contributed by atoms with Crippen LogP contribution in [0.5, 0.6) is 0 Å². The minimum Gasteiger partial charge on any atom is -0.469 e. The lowest BCUT2D eigenvalue weighted by Gasteiger charge is -2.39.